The molecule has 144 valence electrons. The van der Waals surface area contributed by atoms with Crippen molar-refractivity contribution in [1.82, 2.24) is 10.3 Å². The molecule has 2 aliphatic rings. The Bertz CT molecular complexity index is 959. The fourth-order valence-electron chi connectivity index (χ4n) is 3.54. The van der Waals surface area contributed by atoms with E-state index < -0.39 is 55.1 Å². The van der Waals surface area contributed by atoms with E-state index in [2.05, 4.69) is 10.3 Å². The van der Waals surface area contributed by atoms with Crippen molar-refractivity contribution in [2.75, 3.05) is 13.7 Å². The van der Waals surface area contributed by atoms with Crippen LogP contribution in [0.15, 0.2) is 24.4 Å². The standard InChI is InChI=1S/C17H15F2IN3O4/c1-26-10-5-8-7(4-9(10)14(21)24)2-3-22-16(8)27-6-11-17(18)12(13(17)20-19)15(25)23-11/h2-5,11-13H,6H2,1H3,(H2,21,24)(H,23,25)/q-1/t11-,12+,13+,17+/m1/s1. The summed E-state index contributed by atoms with van der Waals surface area (Å²) in [6.45, 7) is -0.176. The van der Waals surface area contributed by atoms with Gasteiger partial charge >= 0.3 is 164 Å². The number of carbonyl (C=O) groups is 2. The summed E-state index contributed by atoms with van der Waals surface area (Å²) in [5, 5.41) is 3.70. The first-order valence-corrected chi connectivity index (χ1v) is 10.1. The Hall–Kier alpha value is -2.24. The maximum absolute atomic E-state index is 14.9. The number of primary amides is 1. The van der Waals surface area contributed by atoms with Gasteiger partial charge < -0.3 is 0 Å². The molecule has 2 amide bonds. The van der Waals surface area contributed by atoms with Crippen LogP contribution in [-0.2, 0) is 4.79 Å². The quantitative estimate of drug-likeness (QED) is 0.357. The first-order valence-electron chi connectivity index (χ1n) is 8.05. The Balaban J connectivity index is 1.61. The van der Waals surface area contributed by atoms with Crippen LogP contribution in [0.2, 0.25) is 0 Å². The molecular weight excluding hydrogens is 475 g/mol. The van der Waals surface area contributed by atoms with E-state index in [0.717, 1.165) is 0 Å². The number of halogens is 3. The number of rotatable bonds is 6. The van der Waals surface area contributed by atoms with Gasteiger partial charge in [0.05, 0.1) is 0 Å². The number of benzene rings is 1. The first-order chi connectivity index (χ1) is 12.9. The molecule has 0 unspecified atom stereocenters. The molecule has 4 rings (SSSR count). The van der Waals surface area contributed by atoms with Gasteiger partial charge in [-0.25, -0.2) is 0 Å². The van der Waals surface area contributed by atoms with Gasteiger partial charge in [-0.1, -0.05) is 0 Å². The molecule has 27 heavy (non-hydrogen) atoms. The summed E-state index contributed by atoms with van der Waals surface area (Å²) in [5.74, 6) is -1.56. The van der Waals surface area contributed by atoms with E-state index in [1.807, 2.05) is 0 Å². The fraction of sp³-hybridized carbons (Fsp3) is 0.353. The van der Waals surface area contributed by atoms with Crippen LogP contribution in [0, 0.1) is 5.92 Å². The van der Waals surface area contributed by atoms with Crippen molar-refractivity contribution in [3.8, 4) is 11.6 Å². The van der Waals surface area contributed by atoms with Gasteiger partial charge in [-0.15, -0.1) is 0 Å². The van der Waals surface area contributed by atoms with Crippen LogP contribution in [0.4, 0.5) is 7.25 Å². The van der Waals surface area contributed by atoms with Crippen LogP contribution in [0.5, 0.6) is 11.6 Å². The predicted molar refractivity (Wildman–Crippen MR) is 86.5 cm³/mol. The first kappa shape index (κ1) is 18.1. The van der Waals surface area contributed by atoms with Crippen LogP contribution >= 0.6 is 0 Å². The molecule has 2 aromatic rings. The number of piperidine rings is 1. The third kappa shape index (κ3) is 2.68. The molecule has 10 heteroatoms. The summed E-state index contributed by atoms with van der Waals surface area (Å²) in [5.41, 5.74) is 3.70. The summed E-state index contributed by atoms with van der Waals surface area (Å²) in [7, 11) is 1.40. The van der Waals surface area contributed by atoms with E-state index in [9.17, 15) is 16.8 Å². The Morgan fingerprint density at radius 1 is 1.48 bits per heavy atom. The molecule has 1 aromatic heterocycles. The molecule has 4 atom stereocenters. The number of alkyl halides is 2. The van der Waals surface area contributed by atoms with Crippen LogP contribution in [-0.4, -0.2) is 46.2 Å². The van der Waals surface area contributed by atoms with E-state index in [4.69, 9.17) is 15.2 Å². The summed E-state index contributed by atoms with van der Waals surface area (Å²) in [4.78, 5) is 27.5. The van der Waals surface area contributed by atoms with E-state index in [-0.39, 0.29) is 23.8 Å². The van der Waals surface area contributed by atoms with E-state index in [1.54, 1.807) is 18.2 Å². The summed E-state index contributed by atoms with van der Waals surface area (Å²) < 4.78 is 38.0. The molecule has 7 nitrogen and oxygen atoms in total. The number of pyridine rings is 1. The van der Waals surface area contributed by atoms with Crippen molar-refractivity contribution in [2.24, 2.45) is 11.7 Å². The van der Waals surface area contributed by atoms with Gasteiger partial charge in [-0.2, -0.15) is 0 Å². The van der Waals surface area contributed by atoms with Crippen LogP contribution in [0.25, 0.3) is 10.8 Å². The van der Waals surface area contributed by atoms with Crippen LogP contribution < -0.4 is 42.3 Å². The molecule has 2 heterocycles. The molecular formula is C17H15F2IN3O4-. The number of aromatic nitrogens is 1. The minimum atomic E-state index is -1.87. The van der Waals surface area contributed by atoms with Gasteiger partial charge in [0.2, 0.25) is 0 Å². The summed E-state index contributed by atoms with van der Waals surface area (Å²) in [6, 6.07) is 3.87. The minimum absolute atomic E-state index is 0.176. The van der Waals surface area contributed by atoms with Crippen LogP contribution in [0.1, 0.15) is 10.4 Å². The number of fused-ring (bicyclic) bond motifs is 2. The normalized spacial score (nSPS) is 28.7. The monoisotopic (exact) mass is 490 g/mol. The number of carbonyl (C=O) groups excluding carboxylic acids is 2. The van der Waals surface area contributed by atoms with Gasteiger partial charge in [0.15, 0.2) is 0 Å². The fourth-order valence-corrected chi connectivity index (χ4v) is 5.67. The van der Waals surface area contributed by atoms with Crippen molar-refractivity contribution in [3.63, 3.8) is 0 Å². The number of hydrogen-bond acceptors (Lipinski definition) is 5. The maximum atomic E-state index is 14.9. The van der Waals surface area contributed by atoms with Crippen molar-refractivity contribution in [1.29, 1.82) is 0 Å². The number of nitrogens with two attached hydrogens (primary N) is 1. The predicted octanol–water partition coefficient (Wildman–Crippen LogP) is -2.10. The number of methoxy groups -OCH3 is 1. The molecule has 1 aliphatic carbocycles. The topological polar surface area (TPSA) is 104 Å². The van der Waals surface area contributed by atoms with Crippen molar-refractivity contribution in [2.45, 2.75) is 15.6 Å². The average Bonchev–Trinajstić information content (AvgIpc) is 3.20. The Morgan fingerprint density at radius 3 is 2.89 bits per heavy atom. The Kier molecular flexibility index (Phi) is 4.32. The van der Waals surface area contributed by atoms with Crippen molar-refractivity contribution >= 4 is 22.6 Å². The molecule has 1 saturated heterocycles. The summed E-state index contributed by atoms with van der Waals surface area (Å²) >= 11 is -1.86. The van der Waals surface area contributed by atoms with Gasteiger partial charge in [0.25, 0.3) is 0 Å². The van der Waals surface area contributed by atoms with E-state index in [0.29, 0.717) is 10.8 Å². The molecule has 1 saturated carbocycles. The van der Waals surface area contributed by atoms with Gasteiger partial charge in [0.1, 0.15) is 0 Å². The number of hydrogen-bond donors (Lipinski definition) is 2. The molecule has 1 aromatic carbocycles. The molecule has 0 spiro atoms. The molecule has 0 radical (unpaired) electrons. The van der Waals surface area contributed by atoms with E-state index in [1.165, 1.54) is 13.3 Å². The second kappa shape index (κ2) is 6.43. The second-order valence-electron chi connectivity index (χ2n) is 6.42. The van der Waals surface area contributed by atoms with Crippen molar-refractivity contribution < 1.29 is 48.1 Å². The van der Waals surface area contributed by atoms with Crippen LogP contribution in [0.3, 0.4) is 0 Å². The average molecular weight is 490 g/mol. The summed E-state index contributed by atoms with van der Waals surface area (Å²) in [6.07, 6.45) is 1.48. The third-order valence-electron chi connectivity index (χ3n) is 5.00. The Morgan fingerprint density at radius 2 is 2.26 bits per heavy atom. The Labute approximate surface area is 163 Å². The SMILES string of the molecule is COc1cc2c(OC[C@H]3NC(=O)[C@@H]4[C@H]([I-]F)[C@@]43F)nccc2cc1C(N)=O. The van der Waals surface area contributed by atoms with E-state index >= 15 is 0 Å². The zero-order chi connectivity index (χ0) is 19.3. The zero-order valence-electron chi connectivity index (χ0n) is 14.0. The van der Waals surface area contributed by atoms with Gasteiger partial charge in [-0.3, -0.25) is 0 Å². The third-order valence-corrected chi connectivity index (χ3v) is 7.19. The molecule has 1 aliphatic heterocycles. The second-order valence-corrected chi connectivity index (χ2v) is 8.23. The molecule has 0 bridgehead atoms. The zero-order valence-corrected chi connectivity index (χ0v) is 16.2. The number of nitrogens with zero attached hydrogens (tertiary/aromatic N) is 1. The number of amides is 2. The number of nitrogens with one attached hydrogen (secondary N) is 1. The molecule has 3 N–H and O–H groups in total. The number of ether oxygens (including phenoxy) is 2. The van der Waals surface area contributed by atoms with Gasteiger partial charge in [-0.05, 0) is 0 Å². The van der Waals surface area contributed by atoms with Gasteiger partial charge in [0, 0.05) is 0 Å². The molecule has 2 fully saturated rings. The van der Waals surface area contributed by atoms with Crippen molar-refractivity contribution in [3.05, 3.63) is 30.0 Å².